The number of sulfonamides is 1. The topological polar surface area (TPSA) is 61.4 Å². The van der Waals surface area contributed by atoms with Crippen LogP contribution >= 0.6 is 12.2 Å². The highest BCUT2D eigenvalue weighted by Gasteiger charge is 2.20. The van der Waals surface area contributed by atoms with E-state index in [-0.39, 0.29) is 4.90 Å². The molecule has 0 atom stereocenters. The summed E-state index contributed by atoms with van der Waals surface area (Å²) in [6.07, 6.45) is 0. The molecule has 0 amide bonds. The number of para-hydroxylation sites is 1. The van der Waals surface area contributed by atoms with Gasteiger partial charge in [-0.15, -0.1) is 0 Å². The first-order valence-electron chi connectivity index (χ1n) is 7.38. The van der Waals surface area contributed by atoms with E-state index in [0.29, 0.717) is 16.4 Å². The van der Waals surface area contributed by atoms with Crippen molar-refractivity contribution in [2.24, 2.45) is 0 Å². The molecule has 0 fully saturated rings. The van der Waals surface area contributed by atoms with Crippen LogP contribution in [0.1, 0.15) is 11.1 Å². The quantitative estimate of drug-likeness (QED) is 0.816. The lowest BCUT2D eigenvalue weighted by Crippen LogP contribution is -2.24. The van der Waals surface area contributed by atoms with Crippen molar-refractivity contribution in [2.45, 2.75) is 18.7 Å². The van der Waals surface area contributed by atoms with Gasteiger partial charge in [0, 0.05) is 25.5 Å². The third-order valence-electron chi connectivity index (χ3n) is 3.60. The minimum absolute atomic E-state index is 0.260. The maximum Gasteiger partial charge on any atom is 0.242 e. The second-order valence-electron chi connectivity index (χ2n) is 5.66. The Bertz CT molecular complexity index is 862. The highest BCUT2D eigenvalue weighted by atomic mass is 32.2. The number of rotatable bonds is 4. The fourth-order valence-electron chi connectivity index (χ4n) is 2.15. The summed E-state index contributed by atoms with van der Waals surface area (Å²) < 4.78 is 25.9. The molecule has 24 heavy (non-hydrogen) atoms. The van der Waals surface area contributed by atoms with Gasteiger partial charge in [0.15, 0.2) is 5.11 Å². The molecule has 0 aliphatic heterocycles. The normalized spacial score (nSPS) is 11.4. The molecule has 0 radical (unpaired) electrons. The fourth-order valence-corrected chi connectivity index (χ4v) is 3.52. The Balaban J connectivity index is 2.22. The van der Waals surface area contributed by atoms with Crippen LogP contribution < -0.4 is 10.6 Å². The summed E-state index contributed by atoms with van der Waals surface area (Å²) in [5, 5.41) is 6.55. The van der Waals surface area contributed by atoms with Crippen molar-refractivity contribution in [2.75, 3.05) is 24.7 Å². The maximum absolute atomic E-state index is 12.4. The molecule has 0 bridgehead atoms. The summed E-state index contributed by atoms with van der Waals surface area (Å²) >= 11 is 5.32. The van der Waals surface area contributed by atoms with Crippen molar-refractivity contribution < 1.29 is 8.42 Å². The third kappa shape index (κ3) is 4.11. The maximum atomic E-state index is 12.4. The highest BCUT2D eigenvalue weighted by molar-refractivity contribution is 7.89. The van der Waals surface area contributed by atoms with Crippen molar-refractivity contribution in [3.05, 3.63) is 53.6 Å². The molecule has 0 saturated heterocycles. The van der Waals surface area contributed by atoms with Gasteiger partial charge in [-0.05, 0) is 55.4 Å². The second kappa shape index (κ2) is 7.29. The molecule has 2 aromatic carbocycles. The summed E-state index contributed by atoms with van der Waals surface area (Å²) in [5.41, 5.74) is 3.28. The molecule has 7 heteroatoms. The van der Waals surface area contributed by atoms with Crippen LogP contribution in [0.2, 0.25) is 0 Å². The zero-order chi connectivity index (χ0) is 17.9. The van der Waals surface area contributed by atoms with Gasteiger partial charge in [-0.1, -0.05) is 24.3 Å². The summed E-state index contributed by atoms with van der Waals surface area (Å²) in [6.45, 7) is 3.75. The zero-order valence-electron chi connectivity index (χ0n) is 14.1. The van der Waals surface area contributed by atoms with E-state index in [1.807, 2.05) is 31.2 Å². The van der Waals surface area contributed by atoms with Crippen molar-refractivity contribution in [1.29, 1.82) is 0 Å². The minimum Gasteiger partial charge on any atom is -0.332 e. The number of hydrogen-bond donors (Lipinski definition) is 2. The first kappa shape index (κ1) is 18.4. The van der Waals surface area contributed by atoms with Gasteiger partial charge in [-0.3, -0.25) is 0 Å². The average molecular weight is 364 g/mol. The van der Waals surface area contributed by atoms with E-state index < -0.39 is 10.0 Å². The molecule has 5 nitrogen and oxygen atoms in total. The third-order valence-corrected chi connectivity index (χ3v) is 5.76. The molecule has 0 heterocycles. The van der Waals surface area contributed by atoms with E-state index in [4.69, 9.17) is 12.2 Å². The number of hydrogen-bond acceptors (Lipinski definition) is 3. The first-order valence-corrected chi connectivity index (χ1v) is 9.23. The van der Waals surface area contributed by atoms with Crippen LogP contribution in [0.25, 0.3) is 0 Å². The summed E-state index contributed by atoms with van der Waals surface area (Å²) in [4.78, 5) is 0.260. The molecule has 0 aliphatic rings. The number of nitrogens with one attached hydrogen (secondary N) is 2. The van der Waals surface area contributed by atoms with E-state index in [2.05, 4.69) is 10.6 Å². The summed E-state index contributed by atoms with van der Waals surface area (Å²) in [5.74, 6) is 0. The molecule has 0 unspecified atom stereocenters. The predicted octanol–water partition coefficient (Wildman–Crippen LogP) is 3.36. The standard InChI is InChI=1S/C17H21N3O2S2/c1-12-7-5-6-8-15(12)19-17(23)18-14-10-9-13(2)16(11-14)24(21,22)20(3)4/h5-11H,1-4H3,(H2,18,19,23). The number of aryl methyl sites for hydroxylation is 2. The van der Waals surface area contributed by atoms with Gasteiger partial charge in [-0.25, -0.2) is 12.7 Å². The largest absolute Gasteiger partial charge is 0.332 e. The van der Waals surface area contributed by atoms with Crippen LogP contribution in [0, 0.1) is 13.8 Å². The van der Waals surface area contributed by atoms with Crippen LogP contribution in [0.15, 0.2) is 47.4 Å². The van der Waals surface area contributed by atoms with Gasteiger partial charge in [0.1, 0.15) is 0 Å². The van der Waals surface area contributed by atoms with Crippen LogP contribution in [0.4, 0.5) is 11.4 Å². The molecule has 2 rings (SSSR count). The Labute approximate surface area is 148 Å². The van der Waals surface area contributed by atoms with Crippen molar-refractivity contribution in [3.63, 3.8) is 0 Å². The van der Waals surface area contributed by atoms with Crippen molar-refractivity contribution >= 4 is 38.7 Å². The van der Waals surface area contributed by atoms with Gasteiger partial charge < -0.3 is 10.6 Å². The molecule has 2 N–H and O–H groups in total. The van der Waals surface area contributed by atoms with E-state index in [1.54, 1.807) is 25.1 Å². The average Bonchev–Trinajstić information content (AvgIpc) is 2.51. The Morgan fingerprint density at radius 3 is 2.29 bits per heavy atom. The van der Waals surface area contributed by atoms with Gasteiger partial charge >= 0.3 is 0 Å². The fraction of sp³-hybridized carbons (Fsp3) is 0.235. The lowest BCUT2D eigenvalue weighted by Gasteiger charge is -2.16. The van der Waals surface area contributed by atoms with Gasteiger partial charge in [0.25, 0.3) is 0 Å². The van der Waals surface area contributed by atoms with Crippen LogP contribution in [0.5, 0.6) is 0 Å². The molecule has 0 spiro atoms. The summed E-state index contributed by atoms with van der Waals surface area (Å²) in [7, 11) is -0.476. The first-order chi connectivity index (χ1) is 11.2. The Morgan fingerprint density at radius 1 is 1.00 bits per heavy atom. The molecule has 128 valence electrons. The molecule has 0 aromatic heterocycles. The van der Waals surface area contributed by atoms with E-state index >= 15 is 0 Å². The molecule has 0 saturated carbocycles. The second-order valence-corrected chi connectivity index (χ2v) is 8.19. The molecule has 2 aromatic rings. The lowest BCUT2D eigenvalue weighted by atomic mass is 10.2. The number of anilines is 2. The van der Waals surface area contributed by atoms with E-state index in [1.165, 1.54) is 18.4 Å². The highest BCUT2D eigenvalue weighted by Crippen LogP contribution is 2.23. The van der Waals surface area contributed by atoms with Gasteiger partial charge in [0.2, 0.25) is 10.0 Å². The van der Waals surface area contributed by atoms with Gasteiger partial charge in [-0.2, -0.15) is 0 Å². The molecular weight excluding hydrogens is 342 g/mol. The van der Waals surface area contributed by atoms with Crippen molar-refractivity contribution in [1.82, 2.24) is 4.31 Å². The van der Waals surface area contributed by atoms with E-state index in [9.17, 15) is 8.42 Å². The predicted molar refractivity (Wildman–Crippen MR) is 103 cm³/mol. The zero-order valence-corrected chi connectivity index (χ0v) is 15.8. The van der Waals surface area contributed by atoms with Gasteiger partial charge in [0.05, 0.1) is 4.90 Å². The monoisotopic (exact) mass is 363 g/mol. The summed E-state index contributed by atoms with van der Waals surface area (Å²) in [6, 6.07) is 12.9. The Kier molecular flexibility index (Phi) is 5.58. The van der Waals surface area contributed by atoms with Crippen LogP contribution in [-0.2, 0) is 10.0 Å². The van der Waals surface area contributed by atoms with Crippen LogP contribution in [0.3, 0.4) is 0 Å². The number of nitrogens with zero attached hydrogens (tertiary/aromatic N) is 1. The van der Waals surface area contributed by atoms with Crippen LogP contribution in [-0.4, -0.2) is 31.9 Å². The van der Waals surface area contributed by atoms with Crippen molar-refractivity contribution in [3.8, 4) is 0 Å². The number of thiocarbonyl (C=S) groups is 1. The SMILES string of the molecule is Cc1ccccc1NC(=S)Nc1ccc(C)c(S(=O)(=O)N(C)C)c1. The smallest absolute Gasteiger partial charge is 0.242 e. The minimum atomic E-state index is -3.50. The van der Waals surface area contributed by atoms with E-state index in [0.717, 1.165) is 11.3 Å². The lowest BCUT2D eigenvalue weighted by molar-refractivity contribution is 0.520. The molecular formula is C17H21N3O2S2. The molecule has 0 aliphatic carbocycles. The Morgan fingerprint density at radius 2 is 1.67 bits per heavy atom. The Hall–Kier alpha value is -1.96. The number of benzene rings is 2.